The standard InChI is InChI=1S/C34H29ClN4O3S/c1-21-12-13-25(35)19-30(21)38-32(40)22(2)43-27-16-14-26(15-17-27)37-34(42)31(39-33(41)23-8-4-3-5-9-23)18-24-20-36-29-11-7-6-10-28(24)29/h3-20,22,36H,1-2H3,(H,37,42)(H,38,40)(H,39,41)/b31-18+/t22-/m1/s1. The Morgan fingerprint density at radius 3 is 2.37 bits per heavy atom. The van der Waals surface area contributed by atoms with Crippen LogP contribution >= 0.6 is 23.4 Å². The number of aromatic amines is 1. The van der Waals surface area contributed by atoms with Crippen molar-refractivity contribution in [3.8, 4) is 0 Å². The van der Waals surface area contributed by atoms with E-state index < -0.39 is 11.8 Å². The summed E-state index contributed by atoms with van der Waals surface area (Å²) >= 11 is 7.47. The largest absolute Gasteiger partial charge is 0.361 e. The number of thioether (sulfide) groups is 1. The van der Waals surface area contributed by atoms with Gasteiger partial charge in [0.2, 0.25) is 5.91 Å². The molecule has 4 N–H and O–H groups in total. The molecule has 1 aromatic heterocycles. The normalized spacial score (nSPS) is 12.0. The minimum Gasteiger partial charge on any atom is -0.361 e. The van der Waals surface area contributed by atoms with Crippen molar-refractivity contribution in [3.63, 3.8) is 0 Å². The molecule has 216 valence electrons. The quantitative estimate of drug-likeness (QED) is 0.102. The van der Waals surface area contributed by atoms with Gasteiger partial charge in [-0.2, -0.15) is 0 Å². The second kappa shape index (κ2) is 13.5. The van der Waals surface area contributed by atoms with Crippen LogP contribution in [0, 0.1) is 6.92 Å². The first kappa shape index (κ1) is 29.7. The van der Waals surface area contributed by atoms with Gasteiger partial charge >= 0.3 is 0 Å². The Morgan fingerprint density at radius 1 is 0.884 bits per heavy atom. The van der Waals surface area contributed by atoms with Crippen molar-refractivity contribution in [2.75, 3.05) is 10.6 Å². The minimum atomic E-state index is -0.473. The summed E-state index contributed by atoms with van der Waals surface area (Å²) in [7, 11) is 0. The molecule has 0 aliphatic heterocycles. The summed E-state index contributed by atoms with van der Waals surface area (Å²) in [5.41, 5.74) is 4.36. The van der Waals surface area contributed by atoms with Gasteiger partial charge in [-0.25, -0.2) is 0 Å². The highest BCUT2D eigenvalue weighted by Gasteiger charge is 2.18. The molecule has 0 bridgehead atoms. The first-order chi connectivity index (χ1) is 20.8. The Balaban J connectivity index is 1.29. The Hall–Kier alpha value is -4.79. The first-order valence-corrected chi connectivity index (χ1v) is 14.8. The van der Waals surface area contributed by atoms with Crippen LogP contribution < -0.4 is 16.0 Å². The number of aryl methyl sites for hydroxylation is 1. The number of halogens is 1. The van der Waals surface area contributed by atoms with E-state index in [0.29, 0.717) is 22.0 Å². The molecule has 7 nitrogen and oxygen atoms in total. The Morgan fingerprint density at radius 2 is 1.60 bits per heavy atom. The molecule has 1 atom stereocenters. The number of hydrogen-bond acceptors (Lipinski definition) is 4. The third-order valence-corrected chi connectivity index (χ3v) is 8.05. The van der Waals surface area contributed by atoms with Crippen molar-refractivity contribution in [1.29, 1.82) is 0 Å². The van der Waals surface area contributed by atoms with Crippen LogP contribution in [-0.2, 0) is 9.59 Å². The van der Waals surface area contributed by atoms with Crippen LogP contribution in [0.1, 0.15) is 28.4 Å². The van der Waals surface area contributed by atoms with E-state index in [1.165, 1.54) is 11.8 Å². The predicted molar refractivity (Wildman–Crippen MR) is 175 cm³/mol. The summed E-state index contributed by atoms with van der Waals surface area (Å²) in [6, 6.07) is 29.0. The number of rotatable bonds is 9. The van der Waals surface area contributed by atoms with Crippen molar-refractivity contribution >= 4 is 69.4 Å². The number of hydrogen-bond donors (Lipinski definition) is 4. The average Bonchev–Trinajstić information content (AvgIpc) is 3.42. The van der Waals surface area contributed by atoms with Crippen LogP contribution in [-0.4, -0.2) is 28.0 Å². The molecule has 0 saturated carbocycles. The number of amides is 3. The number of anilines is 2. The van der Waals surface area contributed by atoms with Gasteiger partial charge in [-0.3, -0.25) is 14.4 Å². The molecule has 0 aliphatic rings. The number of benzene rings is 4. The highest BCUT2D eigenvalue weighted by Crippen LogP contribution is 2.27. The van der Waals surface area contributed by atoms with Gasteiger partial charge in [0.05, 0.1) is 5.25 Å². The zero-order chi connectivity index (χ0) is 30.3. The summed E-state index contributed by atoms with van der Waals surface area (Å²) < 4.78 is 0. The van der Waals surface area contributed by atoms with Crippen LogP contribution in [0.2, 0.25) is 5.02 Å². The van der Waals surface area contributed by atoms with Crippen molar-refractivity contribution in [2.24, 2.45) is 0 Å². The first-order valence-electron chi connectivity index (χ1n) is 13.6. The number of carbonyl (C=O) groups excluding carboxylic acids is 3. The molecule has 0 unspecified atom stereocenters. The molecule has 9 heteroatoms. The van der Waals surface area contributed by atoms with Crippen LogP contribution in [0.4, 0.5) is 11.4 Å². The van der Waals surface area contributed by atoms with Crippen molar-refractivity contribution in [3.05, 3.63) is 131 Å². The molecule has 43 heavy (non-hydrogen) atoms. The van der Waals surface area contributed by atoms with E-state index in [0.717, 1.165) is 26.9 Å². The lowest BCUT2D eigenvalue weighted by Crippen LogP contribution is -2.30. The van der Waals surface area contributed by atoms with Gasteiger partial charge in [-0.05, 0) is 80.1 Å². The molecular formula is C34H29ClN4O3S. The number of carbonyl (C=O) groups is 3. The minimum absolute atomic E-state index is 0.0960. The van der Waals surface area contributed by atoms with Gasteiger partial charge in [0.1, 0.15) is 5.70 Å². The zero-order valence-corrected chi connectivity index (χ0v) is 25.1. The lowest BCUT2D eigenvalue weighted by molar-refractivity contribution is -0.115. The SMILES string of the molecule is Cc1ccc(Cl)cc1NC(=O)[C@@H](C)Sc1ccc(NC(=O)/C(=C\c2c[nH]c3ccccc23)NC(=O)c2ccccc2)cc1. The molecule has 5 aromatic rings. The fraction of sp³-hybridized carbons (Fsp3) is 0.0882. The topological polar surface area (TPSA) is 103 Å². The van der Waals surface area contributed by atoms with Gasteiger partial charge in [0.15, 0.2) is 0 Å². The number of fused-ring (bicyclic) bond motifs is 1. The van der Waals surface area contributed by atoms with E-state index in [4.69, 9.17) is 11.6 Å². The maximum atomic E-state index is 13.4. The molecule has 0 radical (unpaired) electrons. The van der Waals surface area contributed by atoms with Crippen LogP contribution in [0.3, 0.4) is 0 Å². The van der Waals surface area contributed by atoms with Gasteiger partial charge < -0.3 is 20.9 Å². The summed E-state index contributed by atoms with van der Waals surface area (Å²) in [5, 5.41) is 9.68. The lowest BCUT2D eigenvalue weighted by Gasteiger charge is -2.14. The van der Waals surface area contributed by atoms with Crippen LogP contribution in [0.15, 0.2) is 114 Å². The van der Waals surface area contributed by atoms with Gasteiger partial charge in [-0.1, -0.05) is 54.1 Å². The summed E-state index contributed by atoms with van der Waals surface area (Å²) in [5.74, 6) is -1.01. The van der Waals surface area contributed by atoms with E-state index in [9.17, 15) is 14.4 Å². The van der Waals surface area contributed by atoms with E-state index in [2.05, 4.69) is 20.9 Å². The van der Waals surface area contributed by atoms with Crippen LogP contribution in [0.25, 0.3) is 17.0 Å². The molecule has 1 heterocycles. The fourth-order valence-electron chi connectivity index (χ4n) is 4.35. The zero-order valence-electron chi connectivity index (χ0n) is 23.5. The number of H-pyrrole nitrogens is 1. The second-order valence-corrected chi connectivity index (χ2v) is 11.7. The molecule has 0 spiro atoms. The van der Waals surface area contributed by atoms with E-state index in [1.54, 1.807) is 60.8 Å². The monoisotopic (exact) mass is 608 g/mol. The van der Waals surface area contributed by atoms with Gasteiger partial charge in [-0.15, -0.1) is 11.8 Å². The number of para-hydroxylation sites is 1. The maximum absolute atomic E-state index is 13.4. The number of aromatic nitrogens is 1. The van der Waals surface area contributed by atoms with Crippen LogP contribution in [0.5, 0.6) is 0 Å². The molecule has 0 saturated heterocycles. The molecule has 4 aromatic carbocycles. The Bertz CT molecular complexity index is 1820. The molecule has 0 aliphatic carbocycles. The Labute approximate surface area is 258 Å². The van der Waals surface area contributed by atoms with Gasteiger partial charge in [0.25, 0.3) is 11.8 Å². The van der Waals surface area contributed by atoms with E-state index >= 15 is 0 Å². The van der Waals surface area contributed by atoms with E-state index in [1.807, 2.05) is 62.4 Å². The van der Waals surface area contributed by atoms with Crippen molar-refractivity contribution in [1.82, 2.24) is 10.3 Å². The summed E-state index contributed by atoms with van der Waals surface area (Å²) in [4.78, 5) is 43.3. The molecule has 3 amide bonds. The van der Waals surface area contributed by atoms with Gasteiger partial charge in [0, 0.05) is 49.5 Å². The highest BCUT2D eigenvalue weighted by molar-refractivity contribution is 8.00. The molecule has 5 rings (SSSR count). The average molecular weight is 609 g/mol. The highest BCUT2D eigenvalue weighted by atomic mass is 35.5. The van der Waals surface area contributed by atoms with E-state index in [-0.39, 0.29) is 16.9 Å². The number of nitrogens with one attached hydrogen (secondary N) is 4. The summed E-state index contributed by atoms with van der Waals surface area (Å²) in [6.45, 7) is 3.73. The third kappa shape index (κ3) is 7.54. The smallest absolute Gasteiger partial charge is 0.272 e. The summed E-state index contributed by atoms with van der Waals surface area (Å²) in [6.07, 6.45) is 3.45. The molecule has 0 fully saturated rings. The van der Waals surface area contributed by atoms with Crippen molar-refractivity contribution in [2.45, 2.75) is 24.0 Å². The maximum Gasteiger partial charge on any atom is 0.272 e. The third-order valence-electron chi connectivity index (χ3n) is 6.70. The molecular weight excluding hydrogens is 580 g/mol. The fourth-order valence-corrected chi connectivity index (χ4v) is 5.39. The van der Waals surface area contributed by atoms with Crippen molar-refractivity contribution < 1.29 is 14.4 Å². The second-order valence-electron chi connectivity index (χ2n) is 9.85. The lowest BCUT2D eigenvalue weighted by atomic mass is 10.1. The predicted octanol–water partition coefficient (Wildman–Crippen LogP) is 7.66. The Kier molecular flexibility index (Phi) is 9.29.